The fourth-order valence-electron chi connectivity index (χ4n) is 1.71. The Hall–Kier alpha value is -1.01. The number of hydrogen-bond acceptors (Lipinski definition) is 4. The van der Waals surface area contributed by atoms with Crippen molar-refractivity contribution in [2.24, 2.45) is 5.84 Å². The van der Waals surface area contributed by atoms with Crippen molar-refractivity contribution in [3.8, 4) is 0 Å². The summed E-state index contributed by atoms with van der Waals surface area (Å²) in [6.07, 6.45) is 4.18. The number of aromatic nitrogens is 2. The van der Waals surface area contributed by atoms with E-state index < -0.39 is 0 Å². The van der Waals surface area contributed by atoms with E-state index in [0.29, 0.717) is 17.3 Å². The molecule has 0 radical (unpaired) electrons. The molecule has 3 N–H and O–H groups in total. The van der Waals surface area contributed by atoms with Gasteiger partial charge >= 0.3 is 0 Å². The first-order chi connectivity index (χ1) is 9.10. The summed E-state index contributed by atoms with van der Waals surface area (Å²) in [4.78, 5) is 8.57. The van der Waals surface area contributed by atoms with E-state index in [1.807, 2.05) is 25.1 Å². The Kier molecular flexibility index (Phi) is 4.87. The van der Waals surface area contributed by atoms with Gasteiger partial charge in [-0.15, -0.1) is 0 Å². The summed E-state index contributed by atoms with van der Waals surface area (Å²) < 4.78 is 0.949. The minimum Gasteiger partial charge on any atom is -0.271 e. The zero-order valence-corrected chi connectivity index (χ0v) is 12.7. The molecule has 0 fully saturated rings. The van der Waals surface area contributed by atoms with E-state index in [4.69, 9.17) is 17.4 Å². The third-order valence-electron chi connectivity index (χ3n) is 2.75. The summed E-state index contributed by atoms with van der Waals surface area (Å²) in [5, 5.41) is 0.696. The van der Waals surface area contributed by atoms with E-state index in [9.17, 15) is 0 Å². The summed E-state index contributed by atoms with van der Waals surface area (Å²) in [6, 6.07) is 5.61. The first-order valence-corrected chi connectivity index (χ1v) is 6.96. The van der Waals surface area contributed by atoms with E-state index in [1.165, 1.54) is 0 Å². The van der Waals surface area contributed by atoms with Crippen LogP contribution in [0.1, 0.15) is 23.0 Å². The van der Waals surface area contributed by atoms with Crippen LogP contribution in [-0.4, -0.2) is 9.97 Å². The number of hydrazine groups is 1. The first kappa shape index (κ1) is 14.4. The molecule has 0 aliphatic carbocycles. The lowest BCUT2D eigenvalue weighted by atomic mass is 10.1. The van der Waals surface area contributed by atoms with Crippen LogP contribution in [0, 0.1) is 6.92 Å². The molecule has 0 bridgehead atoms. The number of halogens is 2. The molecule has 6 heteroatoms. The van der Waals surface area contributed by atoms with Gasteiger partial charge in [0, 0.05) is 21.9 Å². The Morgan fingerprint density at radius 2 is 2.05 bits per heavy atom. The molecule has 1 aromatic carbocycles. The molecule has 4 nitrogen and oxygen atoms in total. The third-order valence-corrected chi connectivity index (χ3v) is 3.60. The minimum atomic E-state index is -0.167. The van der Waals surface area contributed by atoms with Crippen molar-refractivity contribution in [2.75, 3.05) is 0 Å². The molecule has 19 heavy (non-hydrogen) atoms. The number of nitrogens with zero attached hydrogens (tertiary/aromatic N) is 2. The van der Waals surface area contributed by atoms with Crippen molar-refractivity contribution >= 4 is 27.5 Å². The SMILES string of the molecule is Cc1cnc(C(Cc2ccc(Br)cc2Cl)NN)nc1. The molecule has 2 aromatic rings. The summed E-state index contributed by atoms with van der Waals surface area (Å²) in [5.41, 5.74) is 4.74. The molecule has 1 unspecified atom stereocenters. The van der Waals surface area contributed by atoms with Crippen LogP contribution in [0.4, 0.5) is 0 Å². The fourth-order valence-corrected chi connectivity index (χ4v) is 2.46. The van der Waals surface area contributed by atoms with Gasteiger partial charge in [-0.25, -0.2) is 15.4 Å². The van der Waals surface area contributed by atoms with Gasteiger partial charge in [0.2, 0.25) is 0 Å². The highest BCUT2D eigenvalue weighted by atomic mass is 79.9. The lowest BCUT2D eigenvalue weighted by Gasteiger charge is -2.15. The maximum atomic E-state index is 6.20. The second-order valence-electron chi connectivity index (χ2n) is 4.28. The average Bonchev–Trinajstić information content (AvgIpc) is 2.39. The highest BCUT2D eigenvalue weighted by Gasteiger charge is 2.15. The van der Waals surface area contributed by atoms with Crippen LogP contribution in [0.3, 0.4) is 0 Å². The van der Waals surface area contributed by atoms with Gasteiger partial charge in [0.05, 0.1) is 6.04 Å². The lowest BCUT2D eigenvalue weighted by Crippen LogP contribution is -2.31. The zero-order valence-electron chi connectivity index (χ0n) is 10.4. The van der Waals surface area contributed by atoms with Gasteiger partial charge < -0.3 is 0 Å². The number of nitrogens with one attached hydrogen (secondary N) is 1. The maximum absolute atomic E-state index is 6.20. The van der Waals surface area contributed by atoms with Gasteiger partial charge in [-0.3, -0.25) is 5.84 Å². The monoisotopic (exact) mass is 340 g/mol. The minimum absolute atomic E-state index is 0.167. The smallest absolute Gasteiger partial charge is 0.146 e. The molecule has 0 spiro atoms. The van der Waals surface area contributed by atoms with E-state index in [2.05, 4.69) is 31.3 Å². The normalized spacial score (nSPS) is 12.4. The molecule has 1 aromatic heterocycles. The summed E-state index contributed by atoms with van der Waals surface area (Å²) in [7, 11) is 0. The number of nitrogens with two attached hydrogens (primary N) is 1. The number of rotatable bonds is 4. The molecule has 2 rings (SSSR count). The maximum Gasteiger partial charge on any atom is 0.146 e. The summed E-state index contributed by atoms with van der Waals surface area (Å²) in [5.74, 6) is 6.25. The van der Waals surface area contributed by atoms with Crippen LogP contribution in [-0.2, 0) is 6.42 Å². The van der Waals surface area contributed by atoms with Gasteiger partial charge in [0.15, 0.2) is 0 Å². The van der Waals surface area contributed by atoms with Crippen molar-refractivity contribution < 1.29 is 0 Å². The Labute approximate surface area is 125 Å². The Morgan fingerprint density at radius 3 is 2.63 bits per heavy atom. The summed E-state index contributed by atoms with van der Waals surface area (Å²) in [6.45, 7) is 1.94. The number of benzene rings is 1. The van der Waals surface area contributed by atoms with Gasteiger partial charge in [0.25, 0.3) is 0 Å². The van der Waals surface area contributed by atoms with Gasteiger partial charge in [-0.1, -0.05) is 33.6 Å². The quantitative estimate of drug-likeness (QED) is 0.663. The Bertz CT molecular complexity index is 559. The third kappa shape index (κ3) is 3.73. The van der Waals surface area contributed by atoms with Crippen LogP contribution in [0.25, 0.3) is 0 Å². The van der Waals surface area contributed by atoms with Gasteiger partial charge in [-0.05, 0) is 36.6 Å². The molecule has 0 aliphatic heterocycles. The van der Waals surface area contributed by atoms with Crippen LogP contribution in [0.5, 0.6) is 0 Å². The fraction of sp³-hybridized carbons (Fsp3) is 0.231. The van der Waals surface area contributed by atoms with Crippen molar-refractivity contribution in [3.63, 3.8) is 0 Å². The molecular formula is C13H14BrClN4. The zero-order chi connectivity index (χ0) is 13.8. The Morgan fingerprint density at radius 1 is 1.37 bits per heavy atom. The standard InChI is InChI=1S/C13H14BrClN4/c1-8-6-17-13(18-7-8)12(19-16)4-9-2-3-10(14)5-11(9)15/h2-3,5-7,12,19H,4,16H2,1H3. The first-order valence-electron chi connectivity index (χ1n) is 5.78. The Balaban J connectivity index is 2.21. The number of hydrogen-bond donors (Lipinski definition) is 2. The molecule has 100 valence electrons. The van der Waals surface area contributed by atoms with Crippen LogP contribution < -0.4 is 11.3 Å². The van der Waals surface area contributed by atoms with Crippen molar-refractivity contribution in [1.82, 2.24) is 15.4 Å². The van der Waals surface area contributed by atoms with Gasteiger partial charge in [-0.2, -0.15) is 0 Å². The topological polar surface area (TPSA) is 63.8 Å². The molecule has 1 heterocycles. The number of aryl methyl sites for hydroxylation is 1. The van der Waals surface area contributed by atoms with Crippen LogP contribution in [0.15, 0.2) is 35.1 Å². The van der Waals surface area contributed by atoms with Crippen molar-refractivity contribution in [3.05, 3.63) is 57.0 Å². The lowest BCUT2D eigenvalue weighted by molar-refractivity contribution is 0.522. The predicted octanol–water partition coefficient (Wildman–Crippen LogP) is 2.95. The van der Waals surface area contributed by atoms with Gasteiger partial charge in [0.1, 0.15) is 5.82 Å². The largest absolute Gasteiger partial charge is 0.271 e. The van der Waals surface area contributed by atoms with Crippen LogP contribution in [0.2, 0.25) is 5.02 Å². The van der Waals surface area contributed by atoms with Crippen LogP contribution >= 0.6 is 27.5 Å². The molecule has 0 saturated heterocycles. The van der Waals surface area contributed by atoms with E-state index in [0.717, 1.165) is 15.6 Å². The van der Waals surface area contributed by atoms with E-state index >= 15 is 0 Å². The molecule has 0 amide bonds. The van der Waals surface area contributed by atoms with Crippen molar-refractivity contribution in [2.45, 2.75) is 19.4 Å². The molecule has 0 aliphatic rings. The van der Waals surface area contributed by atoms with Crippen molar-refractivity contribution in [1.29, 1.82) is 0 Å². The van der Waals surface area contributed by atoms with E-state index in [-0.39, 0.29) is 6.04 Å². The second kappa shape index (κ2) is 6.43. The molecule has 1 atom stereocenters. The predicted molar refractivity (Wildman–Crippen MR) is 79.7 cm³/mol. The van der Waals surface area contributed by atoms with E-state index in [1.54, 1.807) is 12.4 Å². The molecular weight excluding hydrogens is 328 g/mol. The summed E-state index contributed by atoms with van der Waals surface area (Å²) >= 11 is 9.59. The highest BCUT2D eigenvalue weighted by Crippen LogP contribution is 2.25. The molecule has 0 saturated carbocycles. The second-order valence-corrected chi connectivity index (χ2v) is 5.60. The average molecular weight is 342 g/mol. The highest BCUT2D eigenvalue weighted by molar-refractivity contribution is 9.10.